The number of hydrogen-bond donors (Lipinski definition) is 1. The number of carbonyl (C=O) groups excluding carboxylic acids is 2. The van der Waals surface area contributed by atoms with Crippen LogP contribution < -0.4 is 5.32 Å². The summed E-state index contributed by atoms with van der Waals surface area (Å²) >= 11 is 0. The van der Waals surface area contributed by atoms with Gasteiger partial charge >= 0.3 is 0 Å². The molecule has 0 saturated heterocycles. The summed E-state index contributed by atoms with van der Waals surface area (Å²) in [6.45, 7) is 0. The molecule has 0 atom stereocenters. The molecule has 0 unspecified atom stereocenters. The molecular weight excluding hydrogens is 245 g/mol. The van der Waals surface area contributed by atoms with Crippen molar-refractivity contribution in [3.63, 3.8) is 0 Å². The summed E-state index contributed by atoms with van der Waals surface area (Å²) in [4.78, 5) is 23.3. The van der Waals surface area contributed by atoms with E-state index in [0.717, 1.165) is 5.56 Å². The largest absolute Gasteiger partial charge is 0.319 e. The molecule has 0 saturated carbocycles. The van der Waals surface area contributed by atoms with E-state index in [1.165, 1.54) is 24.3 Å². The molecule has 0 heterocycles. The Hall–Kier alpha value is -2.49. The van der Waals surface area contributed by atoms with E-state index < -0.39 is 17.5 Å². The van der Waals surface area contributed by atoms with Crippen molar-refractivity contribution in [2.45, 2.75) is 6.42 Å². The molecule has 0 aliphatic rings. The minimum absolute atomic E-state index is 0.0495. The van der Waals surface area contributed by atoms with Crippen LogP contribution in [0.1, 0.15) is 5.56 Å². The lowest BCUT2D eigenvalue weighted by Gasteiger charge is -2.04. The number of Topliss-reactive ketones (excluding diaryl/α,β-unsaturated/α-hetero) is 1. The molecule has 0 radical (unpaired) electrons. The third-order valence-corrected chi connectivity index (χ3v) is 2.56. The Balaban J connectivity index is 1.96. The fraction of sp³-hybridized carbons (Fsp3) is 0.0667. The quantitative estimate of drug-likeness (QED) is 0.856. The summed E-state index contributed by atoms with van der Waals surface area (Å²) in [6, 6.07) is 14.3. The molecule has 1 N–H and O–H groups in total. The van der Waals surface area contributed by atoms with Gasteiger partial charge < -0.3 is 5.32 Å². The van der Waals surface area contributed by atoms with Gasteiger partial charge in [-0.3, -0.25) is 9.59 Å². The number of halogens is 1. The Kier molecular flexibility index (Phi) is 4.03. The third kappa shape index (κ3) is 3.74. The Labute approximate surface area is 110 Å². The first-order valence-corrected chi connectivity index (χ1v) is 5.79. The average molecular weight is 257 g/mol. The van der Waals surface area contributed by atoms with Crippen molar-refractivity contribution in [2.75, 3.05) is 5.32 Å². The second kappa shape index (κ2) is 5.91. The maximum Gasteiger partial charge on any atom is 0.292 e. The minimum Gasteiger partial charge on any atom is -0.319 e. The van der Waals surface area contributed by atoms with Crippen LogP contribution in [-0.4, -0.2) is 11.7 Å². The van der Waals surface area contributed by atoms with Crippen LogP contribution in [0.5, 0.6) is 0 Å². The van der Waals surface area contributed by atoms with Crippen molar-refractivity contribution in [1.29, 1.82) is 0 Å². The van der Waals surface area contributed by atoms with E-state index in [1.54, 1.807) is 24.3 Å². The van der Waals surface area contributed by atoms with Crippen molar-refractivity contribution in [1.82, 2.24) is 0 Å². The lowest BCUT2D eigenvalue weighted by atomic mass is 10.1. The summed E-state index contributed by atoms with van der Waals surface area (Å²) in [5, 5.41) is 2.43. The van der Waals surface area contributed by atoms with Gasteiger partial charge in [-0.2, -0.15) is 0 Å². The molecular formula is C15H12FNO2. The highest BCUT2D eigenvalue weighted by atomic mass is 19.1. The molecule has 96 valence electrons. The van der Waals surface area contributed by atoms with E-state index >= 15 is 0 Å². The molecule has 0 bridgehead atoms. The molecule has 0 fully saturated rings. The van der Waals surface area contributed by atoms with Crippen molar-refractivity contribution in [2.24, 2.45) is 0 Å². The summed E-state index contributed by atoms with van der Waals surface area (Å²) in [5.41, 5.74) is 1.18. The van der Waals surface area contributed by atoms with Crippen LogP contribution in [0.3, 0.4) is 0 Å². The summed E-state index contributed by atoms with van der Waals surface area (Å²) in [6.07, 6.45) is 0.0495. The van der Waals surface area contributed by atoms with E-state index in [4.69, 9.17) is 0 Å². The van der Waals surface area contributed by atoms with E-state index in [0.29, 0.717) is 5.69 Å². The van der Waals surface area contributed by atoms with Crippen LogP contribution in [0.25, 0.3) is 0 Å². The van der Waals surface area contributed by atoms with Crippen LogP contribution in [0, 0.1) is 5.82 Å². The van der Waals surface area contributed by atoms with Crippen molar-refractivity contribution in [3.8, 4) is 0 Å². The predicted octanol–water partition coefficient (Wildman–Crippen LogP) is 2.58. The zero-order valence-corrected chi connectivity index (χ0v) is 10.1. The Morgan fingerprint density at radius 2 is 1.58 bits per heavy atom. The normalized spacial score (nSPS) is 9.95. The first kappa shape index (κ1) is 13.0. The fourth-order valence-corrected chi connectivity index (χ4v) is 1.60. The van der Waals surface area contributed by atoms with Gasteiger partial charge in [-0.15, -0.1) is 0 Å². The smallest absolute Gasteiger partial charge is 0.292 e. The maximum atomic E-state index is 12.7. The zero-order chi connectivity index (χ0) is 13.7. The number of amides is 1. The number of rotatable bonds is 4. The van der Waals surface area contributed by atoms with E-state index in [1.807, 2.05) is 6.07 Å². The monoisotopic (exact) mass is 257 g/mol. The van der Waals surface area contributed by atoms with Crippen molar-refractivity contribution >= 4 is 17.4 Å². The van der Waals surface area contributed by atoms with Gasteiger partial charge in [0, 0.05) is 12.1 Å². The summed E-state index contributed by atoms with van der Waals surface area (Å²) in [5.74, 6) is -1.63. The van der Waals surface area contributed by atoms with Crippen LogP contribution in [0.15, 0.2) is 54.6 Å². The number of hydrogen-bond acceptors (Lipinski definition) is 2. The Morgan fingerprint density at radius 1 is 0.947 bits per heavy atom. The molecule has 1 amide bonds. The number of benzene rings is 2. The molecule has 0 aliphatic carbocycles. The predicted molar refractivity (Wildman–Crippen MR) is 70.2 cm³/mol. The molecule has 4 heteroatoms. The van der Waals surface area contributed by atoms with Gasteiger partial charge in [0.25, 0.3) is 5.91 Å². The zero-order valence-electron chi connectivity index (χ0n) is 10.1. The van der Waals surface area contributed by atoms with Crippen molar-refractivity contribution in [3.05, 3.63) is 66.0 Å². The second-order valence-electron chi connectivity index (χ2n) is 4.05. The van der Waals surface area contributed by atoms with Gasteiger partial charge in [-0.25, -0.2) is 4.39 Å². The highest BCUT2D eigenvalue weighted by Crippen LogP contribution is 2.08. The molecule has 0 aliphatic heterocycles. The molecule has 0 aromatic heterocycles. The molecule has 2 aromatic rings. The first-order chi connectivity index (χ1) is 9.15. The summed E-state index contributed by atoms with van der Waals surface area (Å²) in [7, 11) is 0. The van der Waals surface area contributed by atoms with Crippen LogP contribution in [0.4, 0.5) is 10.1 Å². The number of carbonyl (C=O) groups is 2. The first-order valence-electron chi connectivity index (χ1n) is 5.79. The summed E-state index contributed by atoms with van der Waals surface area (Å²) < 4.78 is 12.7. The standard InChI is InChI=1S/C15H12FNO2/c16-12-6-8-13(9-7-12)17-15(19)14(18)10-11-4-2-1-3-5-11/h1-9H,10H2,(H,17,19). The lowest BCUT2D eigenvalue weighted by Crippen LogP contribution is -2.24. The molecule has 19 heavy (non-hydrogen) atoms. The van der Waals surface area contributed by atoms with Crippen LogP contribution >= 0.6 is 0 Å². The van der Waals surface area contributed by atoms with E-state index in [9.17, 15) is 14.0 Å². The molecule has 0 spiro atoms. The topological polar surface area (TPSA) is 46.2 Å². The minimum atomic E-state index is -0.699. The molecule has 2 rings (SSSR count). The van der Waals surface area contributed by atoms with Crippen molar-refractivity contribution < 1.29 is 14.0 Å². The maximum absolute atomic E-state index is 12.7. The Morgan fingerprint density at radius 3 is 2.21 bits per heavy atom. The highest BCUT2D eigenvalue weighted by molar-refractivity contribution is 6.41. The van der Waals surface area contributed by atoms with E-state index in [2.05, 4.69) is 5.32 Å². The Bertz CT molecular complexity index is 579. The van der Waals surface area contributed by atoms with Gasteiger partial charge in [0.2, 0.25) is 5.78 Å². The highest BCUT2D eigenvalue weighted by Gasteiger charge is 2.14. The molecule has 3 nitrogen and oxygen atoms in total. The van der Waals surface area contributed by atoms with Gasteiger partial charge in [-0.1, -0.05) is 30.3 Å². The molecule has 2 aromatic carbocycles. The van der Waals surface area contributed by atoms with Gasteiger partial charge in [-0.05, 0) is 29.8 Å². The third-order valence-electron chi connectivity index (χ3n) is 2.56. The van der Waals surface area contributed by atoms with Gasteiger partial charge in [0.05, 0.1) is 0 Å². The lowest BCUT2D eigenvalue weighted by molar-refractivity contribution is -0.134. The number of ketones is 1. The second-order valence-corrected chi connectivity index (χ2v) is 4.05. The fourth-order valence-electron chi connectivity index (χ4n) is 1.60. The average Bonchev–Trinajstić information content (AvgIpc) is 2.42. The van der Waals surface area contributed by atoms with Crippen LogP contribution in [0.2, 0.25) is 0 Å². The SMILES string of the molecule is O=C(Cc1ccccc1)C(=O)Nc1ccc(F)cc1. The van der Waals surface area contributed by atoms with Crippen LogP contribution in [-0.2, 0) is 16.0 Å². The number of nitrogens with one attached hydrogen (secondary N) is 1. The van der Waals surface area contributed by atoms with Gasteiger partial charge in [0.1, 0.15) is 5.82 Å². The van der Waals surface area contributed by atoms with E-state index in [-0.39, 0.29) is 6.42 Å². The number of anilines is 1. The van der Waals surface area contributed by atoms with Gasteiger partial charge in [0.15, 0.2) is 0 Å².